The van der Waals surface area contributed by atoms with Crippen molar-refractivity contribution >= 4 is 5.78 Å². The zero-order chi connectivity index (χ0) is 32.5. The predicted octanol–water partition coefficient (Wildman–Crippen LogP) is 11.1. The fourth-order valence-corrected chi connectivity index (χ4v) is 5.24. The van der Waals surface area contributed by atoms with Crippen LogP contribution in [0.15, 0.2) is 42.5 Å². The molecule has 0 aliphatic rings. The molecule has 2 aromatic carbocycles. The highest BCUT2D eigenvalue weighted by Gasteiger charge is 2.38. The third kappa shape index (κ3) is 11.1. The monoisotopic (exact) mass is 596 g/mol. The topological polar surface area (TPSA) is 54.0 Å². The van der Waals surface area contributed by atoms with Crippen LogP contribution in [0.2, 0.25) is 0 Å². The molecule has 43 heavy (non-hydrogen) atoms. The van der Waals surface area contributed by atoms with E-state index in [1.54, 1.807) is 0 Å². The van der Waals surface area contributed by atoms with Crippen LogP contribution in [-0.4, -0.2) is 17.0 Å². The minimum absolute atomic E-state index is 0.0132. The molecule has 0 heterocycles. The van der Waals surface area contributed by atoms with E-state index in [9.17, 15) is 4.79 Å². The maximum Gasteiger partial charge on any atom is 0.193 e. The van der Waals surface area contributed by atoms with Gasteiger partial charge in [-0.25, -0.2) is 19.6 Å². The smallest absolute Gasteiger partial charge is 0.193 e. The van der Waals surface area contributed by atoms with E-state index >= 15 is 0 Å². The molecule has 0 atom stereocenters. The average molecular weight is 597 g/mol. The summed E-state index contributed by atoms with van der Waals surface area (Å²) in [6.07, 6.45) is 8.58. The molecular formula is C38H60O5. The summed E-state index contributed by atoms with van der Waals surface area (Å²) in [6.45, 7) is 24.9. The van der Waals surface area contributed by atoms with E-state index in [4.69, 9.17) is 19.6 Å². The number of hydrogen-bond acceptors (Lipinski definition) is 5. The van der Waals surface area contributed by atoms with E-state index in [2.05, 4.69) is 61.5 Å². The number of carbonyl (C=O) groups is 1. The van der Waals surface area contributed by atoms with Crippen LogP contribution in [0.25, 0.3) is 0 Å². The molecular weight excluding hydrogens is 536 g/mol. The Balaban J connectivity index is 2.60. The number of carbonyl (C=O) groups excluding carboxylic acids is 1. The van der Waals surface area contributed by atoms with Gasteiger partial charge in [0.1, 0.15) is 11.2 Å². The van der Waals surface area contributed by atoms with Crippen LogP contribution in [-0.2, 0) is 30.8 Å². The van der Waals surface area contributed by atoms with Crippen LogP contribution < -0.4 is 0 Å². The van der Waals surface area contributed by atoms with Crippen molar-refractivity contribution in [2.24, 2.45) is 0 Å². The summed E-state index contributed by atoms with van der Waals surface area (Å²) in [4.78, 5) is 38.8. The SMILES string of the molecule is CCCCCC(C)(C)OOC(C)(C)c1cc(C(=O)c2ccccc2)c(C(C)C)cc1C(C)(C)OOC(C)(C)CCCCC. The molecule has 0 N–H and O–H groups in total. The van der Waals surface area contributed by atoms with E-state index in [1.165, 1.54) is 0 Å². The van der Waals surface area contributed by atoms with Crippen molar-refractivity contribution < 1.29 is 24.3 Å². The fraction of sp³-hybridized carbons (Fsp3) is 0.658. The van der Waals surface area contributed by atoms with Gasteiger partial charge in [0.2, 0.25) is 0 Å². The summed E-state index contributed by atoms with van der Waals surface area (Å²) < 4.78 is 0. The second-order valence-corrected chi connectivity index (χ2v) is 14.6. The first kappa shape index (κ1) is 37.1. The van der Waals surface area contributed by atoms with Gasteiger partial charge in [-0.3, -0.25) is 4.79 Å². The van der Waals surface area contributed by atoms with Crippen molar-refractivity contribution in [3.8, 4) is 0 Å². The largest absolute Gasteiger partial charge is 0.289 e. The summed E-state index contributed by atoms with van der Waals surface area (Å²) in [5.74, 6) is 0.0937. The van der Waals surface area contributed by atoms with Gasteiger partial charge in [-0.15, -0.1) is 0 Å². The van der Waals surface area contributed by atoms with Gasteiger partial charge in [0.05, 0.1) is 11.2 Å². The van der Waals surface area contributed by atoms with Gasteiger partial charge in [0.25, 0.3) is 0 Å². The summed E-state index contributed by atoms with van der Waals surface area (Å²) >= 11 is 0. The van der Waals surface area contributed by atoms with E-state index in [0.29, 0.717) is 11.1 Å². The normalized spacial score (nSPS) is 13.1. The van der Waals surface area contributed by atoms with Crippen LogP contribution in [0.5, 0.6) is 0 Å². The number of benzene rings is 2. The highest BCUT2D eigenvalue weighted by Crippen LogP contribution is 2.41. The Kier molecular flexibility index (Phi) is 13.6. The standard InChI is InChI=1S/C38H60O5/c1-13-15-20-24-35(5,6)40-42-37(9,10)32-26-30(28(3)4)31(34(39)29-22-18-17-19-23-29)27-33(32)38(11,12)43-41-36(7,8)25-21-16-14-2/h17-19,22-23,26-28H,13-16,20-21,24-25H2,1-12H3. The van der Waals surface area contributed by atoms with Crippen LogP contribution in [0.4, 0.5) is 0 Å². The van der Waals surface area contributed by atoms with E-state index in [1.807, 2.05) is 64.1 Å². The molecule has 0 aliphatic carbocycles. The maximum absolute atomic E-state index is 13.9. The number of rotatable bonds is 19. The molecule has 0 radical (unpaired) electrons. The third-order valence-corrected chi connectivity index (χ3v) is 8.11. The fourth-order valence-electron chi connectivity index (χ4n) is 5.24. The van der Waals surface area contributed by atoms with Gasteiger partial charge in [-0.2, -0.15) is 0 Å². The molecule has 0 spiro atoms. The van der Waals surface area contributed by atoms with Gasteiger partial charge in [-0.05, 0) is 96.9 Å². The Hall–Kier alpha value is -2.05. The summed E-state index contributed by atoms with van der Waals surface area (Å²) in [5, 5.41) is 0. The zero-order valence-electron chi connectivity index (χ0n) is 29.3. The average Bonchev–Trinajstić information content (AvgIpc) is 2.95. The highest BCUT2D eigenvalue weighted by atomic mass is 17.2. The molecule has 0 saturated heterocycles. The predicted molar refractivity (Wildman–Crippen MR) is 177 cm³/mol. The third-order valence-electron chi connectivity index (χ3n) is 8.11. The Morgan fingerprint density at radius 2 is 1.09 bits per heavy atom. The lowest BCUT2D eigenvalue weighted by atomic mass is 9.79. The lowest BCUT2D eigenvalue weighted by Gasteiger charge is -2.37. The van der Waals surface area contributed by atoms with Gasteiger partial charge in [0, 0.05) is 11.1 Å². The second kappa shape index (κ2) is 15.8. The summed E-state index contributed by atoms with van der Waals surface area (Å²) in [5.41, 5.74) is 1.39. The van der Waals surface area contributed by atoms with Crippen molar-refractivity contribution in [1.82, 2.24) is 0 Å². The molecule has 0 bridgehead atoms. The zero-order valence-corrected chi connectivity index (χ0v) is 29.3. The summed E-state index contributed by atoms with van der Waals surface area (Å²) in [7, 11) is 0. The van der Waals surface area contributed by atoms with Gasteiger partial charge >= 0.3 is 0 Å². The molecule has 2 rings (SSSR count). The Morgan fingerprint density at radius 3 is 1.51 bits per heavy atom. The minimum atomic E-state index is -0.893. The number of unbranched alkanes of at least 4 members (excludes halogenated alkanes) is 4. The molecule has 0 unspecified atom stereocenters. The first-order valence-electron chi connectivity index (χ1n) is 16.5. The van der Waals surface area contributed by atoms with Crippen LogP contribution in [0.1, 0.15) is 173 Å². The van der Waals surface area contributed by atoms with E-state index < -0.39 is 22.4 Å². The van der Waals surface area contributed by atoms with Gasteiger partial charge in [-0.1, -0.05) is 103 Å². The molecule has 242 valence electrons. The molecule has 0 saturated carbocycles. The second-order valence-electron chi connectivity index (χ2n) is 14.6. The molecule has 0 aromatic heterocycles. The maximum atomic E-state index is 13.9. The minimum Gasteiger partial charge on any atom is -0.289 e. The van der Waals surface area contributed by atoms with Crippen molar-refractivity contribution in [3.05, 3.63) is 70.3 Å². The molecule has 5 heteroatoms. The van der Waals surface area contributed by atoms with Crippen molar-refractivity contribution in [3.63, 3.8) is 0 Å². The molecule has 0 fully saturated rings. The van der Waals surface area contributed by atoms with Crippen molar-refractivity contribution in [2.45, 2.75) is 163 Å². The van der Waals surface area contributed by atoms with Crippen LogP contribution in [0, 0.1) is 0 Å². The molecule has 0 amide bonds. The first-order chi connectivity index (χ1) is 20.0. The number of ketones is 1. The Bertz CT molecular complexity index is 1140. The van der Waals surface area contributed by atoms with Gasteiger partial charge in [0.15, 0.2) is 5.78 Å². The van der Waals surface area contributed by atoms with Crippen molar-refractivity contribution in [2.75, 3.05) is 0 Å². The molecule has 0 aliphatic heterocycles. The molecule has 2 aromatic rings. The van der Waals surface area contributed by atoms with E-state index in [0.717, 1.165) is 68.1 Å². The van der Waals surface area contributed by atoms with Crippen LogP contribution in [0.3, 0.4) is 0 Å². The molecule has 5 nitrogen and oxygen atoms in total. The van der Waals surface area contributed by atoms with E-state index in [-0.39, 0.29) is 11.7 Å². The summed E-state index contributed by atoms with van der Waals surface area (Å²) in [6, 6.07) is 13.6. The Labute approximate surface area is 262 Å². The quantitative estimate of drug-likeness (QED) is 0.0699. The van der Waals surface area contributed by atoms with Gasteiger partial charge < -0.3 is 0 Å². The number of hydrogen-bond donors (Lipinski definition) is 0. The lowest BCUT2D eigenvalue weighted by Crippen LogP contribution is -2.36. The lowest BCUT2D eigenvalue weighted by molar-refractivity contribution is -0.412. The highest BCUT2D eigenvalue weighted by molar-refractivity contribution is 6.10. The van der Waals surface area contributed by atoms with Crippen LogP contribution >= 0.6 is 0 Å². The first-order valence-corrected chi connectivity index (χ1v) is 16.5. The van der Waals surface area contributed by atoms with Crippen molar-refractivity contribution in [1.29, 1.82) is 0 Å². The Morgan fingerprint density at radius 1 is 0.651 bits per heavy atom.